The number of carbonyl (C=O) groups is 2. The highest BCUT2D eigenvalue weighted by atomic mass is 16.2. The van der Waals surface area contributed by atoms with Crippen LogP contribution < -0.4 is 16.4 Å². The van der Waals surface area contributed by atoms with Gasteiger partial charge in [0, 0.05) is 24.3 Å². The molecule has 1 fully saturated rings. The van der Waals surface area contributed by atoms with Crippen LogP contribution in [0.4, 0.5) is 5.69 Å². The molecule has 1 aliphatic rings. The Morgan fingerprint density at radius 3 is 2.86 bits per heavy atom. The SMILES string of the molecule is NC(=O)c1cccc(NC(=O)c2cn(C3CNC3)nn2)c1. The van der Waals surface area contributed by atoms with Crippen molar-refractivity contribution in [2.24, 2.45) is 5.73 Å². The molecule has 2 amide bonds. The van der Waals surface area contributed by atoms with Crippen LogP contribution in [0.1, 0.15) is 26.9 Å². The van der Waals surface area contributed by atoms with E-state index in [0.717, 1.165) is 13.1 Å². The van der Waals surface area contributed by atoms with E-state index in [1.807, 2.05) is 0 Å². The van der Waals surface area contributed by atoms with Gasteiger partial charge in [-0.2, -0.15) is 0 Å². The number of nitrogens with two attached hydrogens (primary N) is 1. The lowest BCUT2D eigenvalue weighted by molar-refractivity contribution is 0.0995. The molecule has 0 atom stereocenters. The Kier molecular flexibility index (Phi) is 3.36. The number of nitrogens with zero attached hydrogens (tertiary/aromatic N) is 3. The van der Waals surface area contributed by atoms with Crippen molar-refractivity contribution in [3.8, 4) is 0 Å². The van der Waals surface area contributed by atoms with E-state index in [-0.39, 0.29) is 17.6 Å². The monoisotopic (exact) mass is 286 g/mol. The fourth-order valence-corrected chi connectivity index (χ4v) is 1.97. The van der Waals surface area contributed by atoms with Crippen molar-refractivity contribution in [2.75, 3.05) is 18.4 Å². The molecule has 2 heterocycles. The molecular weight excluding hydrogens is 272 g/mol. The molecule has 1 aliphatic heterocycles. The molecule has 21 heavy (non-hydrogen) atoms. The normalized spacial score (nSPS) is 14.5. The maximum absolute atomic E-state index is 12.1. The van der Waals surface area contributed by atoms with Gasteiger partial charge in [-0.3, -0.25) is 9.59 Å². The highest BCUT2D eigenvalue weighted by molar-refractivity contribution is 6.03. The molecule has 1 saturated heterocycles. The van der Waals surface area contributed by atoms with Gasteiger partial charge in [-0.05, 0) is 18.2 Å². The summed E-state index contributed by atoms with van der Waals surface area (Å²) in [7, 11) is 0. The van der Waals surface area contributed by atoms with E-state index < -0.39 is 5.91 Å². The molecule has 0 bridgehead atoms. The molecule has 1 aromatic carbocycles. The highest BCUT2D eigenvalue weighted by Gasteiger charge is 2.21. The summed E-state index contributed by atoms with van der Waals surface area (Å²) in [6.07, 6.45) is 1.61. The first-order valence-corrected chi connectivity index (χ1v) is 6.47. The molecular formula is C13H14N6O2. The fourth-order valence-electron chi connectivity index (χ4n) is 1.97. The summed E-state index contributed by atoms with van der Waals surface area (Å²) in [6.45, 7) is 1.65. The number of amides is 2. The van der Waals surface area contributed by atoms with Crippen LogP contribution in [0.3, 0.4) is 0 Å². The smallest absolute Gasteiger partial charge is 0.277 e. The maximum atomic E-state index is 12.1. The van der Waals surface area contributed by atoms with Gasteiger partial charge in [0.05, 0.1) is 12.2 Å². The van der Waals surface area contributed by atoms with E-state index in [2.05, 4.69) is 20.9 Å². The van der Waals surface area contributed by atoms with Gasteiger partial charge in [0.1, 0.15) is 0 Å². The summed E-state index contributed by atoms with van der Waals surface area (Å²) in [5.41, 5.74) is 6.24. The van der Waals surface area contributed by atoms with Crippen molar-refractivity contribution in [3.05, 3.63) is 41.7 Å². The average molecular weight is 286 g/mol. The number of hydrogen-bond acceptors (Lipinski definition) is 5. The first kappa shape index (κ1) is 13.3. The van der Waals surface area contributed by atoms with Gasteiger partial charge >= 0.3 is 0 Å². The lowest BCUT2D eigenvalue weighted by Gasteiger charge is -2.26. The summed E-state index contributed by atoms with van der Waals surface area (Å²) in [4.78, 5) is 23.2. The number of benzene rings is 1. The van der Waals surface area contributed by atoms with Crippen LogP contribution >= 0.6 is 0 Å². The van der Waals surface area contributed by atoms with E-state index in [1.165, 1.54) is 6.07 Å². The molecule has 0 saturated carbocycles. The van der Waals surface area contributed by atoms with Crippen LogP contribution in [0.25, 0.3) is 0 Å². The van der Waals surface area contributed by atoms with E-state index in [1.54, 1.807) is 29.1 Å². The molecule has 0 radical (unpaired) electrons. The summed E-state index contributed by atoms with van der Waals surface area (Å²) in [5.74, 6) is -0.926. The number of anilines is 1. The van der Waals surface area contributed by atoms with Crippen LogP contribution in [0.15, 0.2) is 30.5 Å². The Labute approximate surface area is 120 Å². The second-order valence-electron chi connectivity index (χ2n) is 4.80. The van der Waals surface area contributed by atoms with Crippen LogP contribution in [0.5, 0.6) is 0 Å². The van der Waals surface area contributed by atoms with Gasteiger partial charge in [-0.1, -0.05) is 11.3 Å². The second-order valence-corrected chi connectivity index (χ2v) is 4.80. The molecule has 2 aromatic rings. The summed E-state index contributed by atoms with van der Waals surface area (Å²) < 4.78 is 1.67. The largest absolute Gasteiger partial charge is 0.366 e. The van der Waals surface area contributed by atoms with Crippen LogP contribution in [-0.4, -0.2) is 39.9 Å². The number of carbonyl (C=O) groups excluding carboxylic acids is 2. The third kappa shape index (κ3) is 2.75. The second kappa shape index (κ2) is 5.33. The van der Waals surface area contributed by atoms with Gasteiger partial charge < -0.3 is 16.4 Å². The molecule has 1 aromatic heterocycles. The van der Waals surface area contributed by atoms with Gasteiger partial charge in [-0.25, -0.2) is 4.68 Å². The number of hydrogen-bond donors (Lipinski definition) is 3. The van der Waals surface area contributed by atoms with Crippen LogP contribution in [-0.2, 0) is 0 Å². The molecule has 108 valence electrons. The predicted octanol–water partition coefficient (Wildman–Crippen LogP) is -0.226. The molecule has 3 rings (SSSR count). The first-order chi connectivity index (χ1) is 10.1. The highest BCUT2D eigenvalue weighted by Crippen LogP contribution is 2.13. The minimum Gasteiger partial charge on any atom is -0.366 e. The quantitative estimate of drug-likeness (QED) is 0.718. The third-order valence-corrected chi connectivity index (χ3v) is 3.28. The van der Waals surface area contributed by atoms with E-state index >= 15 is 0 Å². The molecule has 0 spiro atoms. The van der Waals surface area contributed by atoms with Crippen molar-refractivity contribution < 1.29 is 9.59 Å². The predicted molar refractivity (Wildman–Crippen MR) is 74.8 cm³/mol. The lowest BCUT2D eigenvalue weighted by atomic mass is 10.2. The zero-order valence-corrected chi connectivity index (χ0v) is 11.1. The van der Waals surface area contributed by atoms with Gasteiger partial charge in [0.25, 0.3) is 5.91 Å². The van der Waals surface area contributed by atoms with Crippen molar-refractivity contribution >= 4 is 17.5 Å². The average Bonchev–Trinajstić information content (AvgIpc) is 2.86. The fraction of sp³-hybridized carbons (Fsp3) is 0.231. The topological polar surface area (TPSA) is 115 Å². The third-order valence-electron chi connectivity index (χ3n) is 3.28. The number of nitrogens with one attached hydrogen (secondary N) is 2. The molecule has 8 heteroatoms. The molecule has 4 N–H and O–H groups in total. The van der Waals surface area contributed by atoms with Gasteiger partial charge in [0.2, 0.25) is 5.91 Å². The van der Waals surface area contributed by atoms with E-state index in [4.69, 9.17) is 5.73 Å². The van der Waals surface area contributed by atoms with E-state index in [0.29, 0.717) is 11.3 Å². The Morgan fingerprint density at radius 1 is 1.38 bits per heavy atom. The first-order valence-electron chi connectivity index (χ1n) is 6.47. The standard InChI is InChI=1S/C13H14N6O2/c14-12(20)8-2-1-3-9(4-8)16-13(21)11-7-19(18-17-11)10-5-15-6-10/h1-4,7,10,15H,5-6H2,(H2,14,20)(H,16,21). The van der Waals surface area contributed by atoms with Crippen LogP contribution in [0.2, 0.25) is 0 Å². The lowest BCUT2D eigenvalue weighted by Crippen LogP contribution is -2.43. The van der Waals surface area contributed by atoms with Gasteiger partial charge in [-0.15, -0.1) is 5.10 Å². The number of rotatable bonds is 4. The molecule has 0 unspecified atom stereocenters. The Balaban J connectivity index is 1.72. The minimum absolute atomic E-state index is 0.228. The van der Waals surface area contributed by atoms with Crippen molar-refractivity contribution in [2.45, 2.75) is 6.04 Å². The summed E-state index contributed by atoms with van der Waals surface area (Å²) >= 11 is 0. The minimum atomic E-state index is -0.547. The Morgan fingerprint density at radius 2 is 2.19 bits per heavy atom. The van der Waals surface area contributed by atoms with Crippen molar-refractivity contribution in [3.63, 3.8) is 0 Å². The summed E-state index contributed by atoms with van der Waals surface area (Å²) in [5, 5.41) is 13.6. The summed E-state index contributed by atoms with van der Waals surface area (Å²) in [6, 6.07) is 6.66. The Bertz CT molecular complexity index is 691. The molecule has 0 aliphatic carbocycles. The van der Waals surface area contributed by atoms with Crippen molar-refractivity contribution in [1.29, 1.82) is 0 Å². The maximum Gasteiger partial charge on any atom is 0.277 e. The van der Waals surface area contributed by atoms with E-state index in [9.17, 15) is 9.59 Å². The number of aromatic nitrogens is 3. The van der Waals surface area contributed by atoms with Crippen molar-refractivity contribution in [1.82, 2.24) is 20.3 Å². The Hall–Kier alpha value is -2.74. The molecule has 8 nitrogen and oxygen atoms in total. The number of primary amides is 1. The zero-order valence-electron chi connectivity index (χ0n) is 11.1. The van der Waals surface area contributed by atoms with Gasteiger partial charge in [0.15, 0.2) is 5.69 Å². The van der Waals surface area contributed by atoms with Crippen LogP contribution in [0, 0.1) is 0 Å². The zero-order chi connectivity index (χ0) is 14.8.